The number of aliphatic hydroxyl groups excluding tert-OH is 1. The van der Waals surface area contributed by atoms with Gasteiger partial charge in [0.15, 0.2) is 5.78 Å². The maximum atomic E-state index is 10.7. The summed E-state index contributed by atoms with van der Waals surface area (Å²) in [5, 5.41) is 8.72. The molecule has 0 saturated carbocycles. The zero-order valence-electron chi connectivity index (χ0n) is 6.50. The van der Waals surface area contributed by atoms with Crippen molar-refractivity contribution in [2.24, 2.45) is 0 Å². The van der Waals surface area contributed by atoms with Gasteiger partial charge in [0.25, 0.3) is 0 Å². The van der Waals surface area contributed by atoms with Crippen molar-refractivity contribution in [2.75, 3.05) is 0 Å². The van der Waals surface area contributed by atoms with Crippen molar-refractivity contribution in [1.29, 1.82) is 0 Å². The zero-order valence-corrected chi connectivity index (χ0v) is 6.50. The second-order valence-corrected chi connectivity index (χ2v) is 2.27. The van der Waals surface area contributed by atoms with Gasteiger partial charge in [-0.25, -0.2) is 0 Å². The van der Waals surface area contributed by atoms with Gasteiger partial charge < -0.3 is 5.11 Å². The molecule has 0 aromatic heterocycles. The van der Waals surface area contributed by atoms with Crippen LogP contribution in [0.25, 0.3) is 0 Å². The summed E-state index contributed by atoms with van der Waals surface area (Å²) < 4.78 is 0. The highest BCUT2D eigenvalue weighted by atomic mass is 16.3. The Labute approximate surface area is 61.6 Å². The van der Waals surface area contributed by atoms with Crippen molar-refractivity contribution in [3.05, 3.63) is 12.2 Å². The monoisotopic (exact) mass is 142 g/mol. The third-order valence-electron chi connectivity index (χ3n) is 1.15. The maximum absolute atomic E-state index is 10.7. The molecule has 0 unspecified atom stereocenters. The predicted molar refractivity (Wildman–Crippen MR) is 40.7 cm³/mol. The van der Waals surface area contributed by atoms with Crippen LogP contribution in [-0.2, 0) is 4.79 Å². The van der Waals surface area contributed by atoms with Gasteiger partial charge in [-0.3, -0.25) is 4.79 Å². The first-order valence-corrected chi connectivity index (χ1v) is 3.57. The third-order valence-corrected chi connectivity index (χ3v) is 1.15. The molecule has 0 rings (SSSR count). The van der Waals surface area contributed by atoms with Crippen molar-refractivity contribution in [3.8, 4) is 0 Å². The molecule has 0 spiro atoms. The van der Waals surface area contributed by atoms with Crippen LogP contribution in [0.5, 0.6) is 0 Å². The Kier molecular flexibility index (Phi) is 4.85. The average molecular weight is 142 g/mol. The number of hydrogen-bond donors (Lipinski definition) is 1. The number of rotatable bonds is 4. The van der Waals surface area contributed by atoms with E-state index < -0.39 is 6.10 Å². The molecule has 0 bridgehead atoms. The van der Waals surface area contributed by atoms with Crippen molar-refractivity contribution in [3.63, 3.8) is 0 Å². The average Bonchev–Trinajstić information content (AvgIpc) is 1.88. The van der Waals surface area contributed by atoms with Crippen LogP contribution in [0.15, 0.2) is 12.2 Å². The molecule has 2 heteroatoms. The molecule has 0 aromatic rings. The van der Waals surface area contributed by atoms with Gasteiger partial charge in [-0.1, -0.05) is 19.4 Å². The van der Waals surface area contributed by atoms with Crippen LogP contribution in [0.4, 0.5) is 0 Å². The Morgan fingerprint density at radius 2 is 2.30 bits per heavy atom. The Hall–Kier alpha value is -0.630. The molecular weight excluding hydrogens is 128 g/mol. The SMILES string of the molecule is CCC/C=C/C(=O)[C@H](C)O. The lowest BCUT2D eigenvalue weighted by Crippen LogP contribution is -2.12. The van der Waals surface area contributed by atoms with Crippen LogP contribution >= 0.6 is 0 Å². The Balaban J connectivity index is 3.56. The molecule has 0 amide bonds. The molecule has 0 aliphatic carbocycles. The fraction of sp³-hybridized carbons (Fsp3) is 0.625. The van der Waals surface area contributed by atoms with Crippen LogP contribution in [0.1, 0.15) is 26.7 Å². The summed E-state index contributed by atoms with van der Waals surface area (Å²) in [6.45, 7) is 3.51. The summed E-state index contributed by atoms with van der Waals surface area (Å²) in [6.07, 6.45) is 4.30. The maximum Gasteiger partial charge on any atom is 0.183 e. The smallest absolute Gasteiger partial charge is 0.183 e. The van der Waals surface area contributed by atoms with E-state index in [1.54, 1.807) is 6.08 Å². The van der Waals surface area contributed by atoms with E-state index in [0.29, 0.717) is 0 Å². The molecule has 0 radical (unpaired) electrons. The van der Waals surface area contributed by atoms with Gasteiger partial charge in [0.05, 0.1) is 0 Å². The minimum Gasteiger partial charge on any atom is -0.385 e. The van der Waals surface area contributed by atoms with Gasteiger partial charge >= 0.3 is 0 Å². The number of aliphatic hydroxyl groups is 1. The minimum absolute atomic E-state index is 0.214. The van der Waals surface area contributed by atoms with E-state index in [0.717, 1.165) is 12.8 Å². The molecule has 58 valence electrons. The topological polar surface area (TPSA) is 37.3 Å². The zero-order chi connectivity index (χ0) is 7.98. The Morgan fingerprint density at radius 1 is 1.70 bits per heavy atom. The highest BCUT2D eigenvalue weighted by Gasteiger charge is 2.01. The van der Waals surface area contributed by atoms with Crippen molar-refractivity contribution < 1.29 is 9.90 Å². The van der Waals surface area contributed by atoms with E-state index in [4.69, 9.17) is 5.11 Å². The standard InChI is InChI=1S/C8H14O2/c1-3-4-5-6-8(10)7(2)9/h5-7,9H,3-4H2,1-2H3/b6-5+/t7-/m0/s1. The number of carbonyl (C=O) groups excluding carboxylic acids is 1. The lowest BCUT2D eigenvalue weighted by molar-refractivity contribution is -0.121. The largest absolute Gasteiger partial charge is 0.385 e. The molecule has 1 atom stereocenters. The van der Waals surface area contributed by atoms with Crippen LogP contribution in [-0.4, -0.2) is 17.0 Å². The highest BCUT2D eigenvalue weighted by Crippen LogP contribution is 1.91. The molecule has 0 aliphatic rings. The molecule has 10 heavy (non-hydrogen) atoms. The number of unbranched alkanes of at least 4 members (excludes halogenated alkanes) is 1. The Bertz CT molecular complexity index is 125. The van der Waals surface area contributed by atoms with Gasteiger partial charge in [-0.05, 0) is 19.4 Å². The van der Waals surface area contributed by atoms with E-state index >= 15 is 0 Å². The summed E-state index contributed by atoms with van der Waals surface area (Å²) in [5.41, 5.74) is 0. The summed E-state index contributed by atoms with van der Waals surface area (Å²) in [4.78, 5) is 10.7. The van der Waals surface area contributed by atoms with Crippen molar-refractivity contribution in [2.45, 2.75) is 32.8 Å². The lowest BCUT2D eigenvalue weighted by Gasteiger charge is -1.94. The molecule has 0 fully saturated rings. The van der Waals surface area contributed by atoms with Crippen molar-refractivity contribution >= 4 is 5.78 Å². The summed E-state index contributed by atoms with van der Waals surface area (Å²) in [7, 11) is 0. The van der Waals surface area contributed by atoms with Crippen LogP contribution in [0.2, 0.25) is 0 Å². The van der Waals surface area contributed by atoms with Gasteiger partial charge in [0, 0.05) is 0 Å². The summed E-state index contributed by atoms with van der Waals surface area (Å²) in [6, 6.07) is 0. The lowest BCUT2D eigenvalue weighted by atomic mass is 10.2. The first kappa shape index (κ1) is 9.37. The summed E-state index contributed by atoms with van der Waals surface area (Å²) >= 11 is 0. The molecule has 1 N–H and O–H groups in total. The van der Waals surface area contributed by atoms with Gasteiger partial charge in [0.2, 0.25) is 0 Å². The van der Waals surface area contributed by atoms with E-state index in [-0.39, 0.29) is 5.78 Å². The number of ketones is 1. The van der Waals surface area contributed by atoms with E-state index in [1.807, 2.05) is 6.92 Å². The number of hydrogen-bond acceptors (Lipinski definition) is 2. The quantitative estimate of drug-likeness (QED) is 0.600. The van der Waals surface area contributed by atoms with E-state index in [9.17, 15) is 4.79 Å². The first-order chi connectivity index (χ1) is 4.68. The van der Waals surface area contributed by atoms with Crippen molar-refractivity contribution in [1.82, 2.24) is 0 Å². The van der Waals surface area contributed by atoms with Gasteiger partial charge in [-0.2, -0.15) is 0 Å². The second-order valence-electron chi connectivity index (χ2n) is 2.27. The molecule has 0 saturated heterocycles. The highest BCUT2D eigenvalue weighted by molar-refractivity contribution is 5.92. The van der Waals surface area contributed by atoms with Gasteiger partial charge in [0.1, 0.15) is 6.10 Å². The second kappa shape index (κ2) is 5.18. The van der Waals surface area contributed by atoms with Crippen LogP contribution < -0.4 is 0 Å². The molecule has 0 aliphatic heterocycles. The van der Waals surface area contributed by atoms with Crippen LogP contribution in [0, 0.1) is 0 Å². The van der Waals surface area contributed by atoms with Gasteiger partial charge in [-0.15, -0.1) is 0 Å². The van der Waals surface area contributed by atoms with E-state index in [2.05, 4.69) is 0 Å². The predicted octanol–water partition coefficient (Wildman–Crippen LogP) is 1.29. The number of allylic oxidation sites excluding steroid dienone is 1. The molecular formula is C8H14O2. The minimum atomic E-state index is -0.854. The molecule has 2 nitrogen and oxygen atoms in total. The van der Waals surface area contributed by atoms with Crippen LogP contribution in [0.3, 0.4) is 0 Å². The summed E-state index contributed by atoms with van der Waals surface area (Å²) in [5.74, 6) is -0.214. The Morgan fingerprint density at radius 3 is 2.70 bits per heavy atom. The van der Waals surface area contributed by atoms with E-state index in [1.165, 1.54) is 13.0 Å². The normalized spacial score (nSPS) is 13.9. The third kappa shape index (κ3) is 4.27. The fourth-order valence-electron chi connectivity index (χ4n) is 0.505. The fourth-order valence-corrected chi connectivity index (χ4v) is 0.505. The number of carbonyl (C=O) groups is 1. The first-order valence-electron chi connectivity index (χ1n) is 3.57. The molecule has 0 aromatic carbocycles. The molecule has 0 heterocycles.